The molecular formula is C12H24N2O2. The van der Waals surface area contributed by atoms with Gasteiger partial charge in [-0.05, 0) is 26.3 Å². The molecule has 0 spiro atoms. The van der Waals surface area contributed by atoms with Crippen molar-refractivity contribution in [1.82, 2.24) is 4.90 Å². The van der Waals surface area contributed by atoms with Gasteiger partial charge in [0, 0.05) is 44.4 Å². The molecule has 2 N–H and O–H groups in total. The third-order valence-corrected chi connectivity index (χ3v) is 3.87. The molecule has 0 bridgehead atoms. The van der Waals surface area contributed by atoms with Crippen LogP contribution in [0.5, 0.6) is 0 Å². The zero-order chi connectivity index (χ0) is 11.4. The second-order valence-corrected chi connectivity index (χ2v) is 5.07. The van der Waals surface area contributed by atoms with Crippen molar-refractivity contribution < 1.29 is 9.47 Å². The minimum absolute atomic E-state index is 0.316. The van der Waals surface area contributed by atoms with Crippen LogP contribution in [0, 0.1) is 5.92 Å². The van der Waals surface area contributed by atoms with Gasteiger partial charge in [-0.15, -0.1) is 0 Å². The first-order valence-electron chi connectivity index (χ1n) is 6.38. The van der Waals surface area contributed by atoms with Crippen molar-refractivity contribution in [1.29, 1.82) is 0 Å². The molecule has 2 fully saturated rings. The van der Waals surface area contributed by atoms with Gasteiger partial charge in [0.1, 0.15) is 0 Å². The minimum Gasteiger partial charge on any atom is -0.381 e. The summed E-state index contributed by atoms with van der Waals surface area (Å²) >= 11 is 0. The fraction of sp³-hybridized carbons (Fsp3) is 1.00. The fourth-order valence-electron chi connectivity index (χ4n) is 2.65. The highest BCUT2D eigenvalue weighted by molar-refractivity contribution is 4.81. The van der Waals surface area contributed by atoms with E-state index in [0.29, 0.717) is 18.0 Å². The summed E-state index contributed by atoms with van der Waals surface area (Å²) in [5.41, 5.74) is 6.13. The summed E-state index contributed by atoms with van der Waals surface area (Å²) in [6, 6.07) is 0.985. The largest absolute Gasteiger partial charge is 0.381 e. The van der Waals surface area contributed by atoms with Gasteiger partial charge in [0.25, 0.3) is 0 Å². The van der Waals surface area contributed by atoms with Crippen LogP contribution in [0.15, 0.2) is 0 Å². The lowest BCUT2D eigenvalue weighted by Gasteiger charge is -2.37. The van der Waals surface area contributed by atoms with E-state index in [2.05, 4.69) is 11.9 Å². The van der Waals surface area contributed by atoms with Gasteiger partial charge in [0.2, 0.25) is 0 Å². The summed E-state index contributed by atoms with van der Waals surface area (Å²) in [4.78, 5) is 2.45. The molecule has 0 amide bonds. The molecule has 2 saturated heterocycles. The summed E-state index contributed by atoms with van der Waals surface area (Å²) < 4.78 is 10.9. The van der Waals surface area contributed by atoms with E-state index < -0.39 is 0 Å². The number of hydrogen-bond donors (Lipinski definition) is 1. The molecule has 2 atom stereocenters. The van der Waals surface area contributed by atoms with Crippen LogP contribution in [0.25, 0.3) is 0 Å². The van der Waals surface area contributed by atoms with Crippen LogP contribution in [-0.4, -0.2) is 57.0 Å². The molecule has 0 saturated carbocycles. The molecule has 0 aromatic heterocycles. The molecule has 2 aliphatic heterocycles. The maximum absolute atomic E-state index is 6.13. The normalized spacial score (nSPS) is 33.2. The van der Waals surface area contributed by atoms with Crippen molar-refractivity contribution in [2.75, 3.05) is 40.0 Å². The van der Waals surface area contributed by atoms with E-state index in [1.165, 1.54) is 0 Å². The van der Waals surface area contributed by atoms with E-state index in [1.807, 2.05) is 0 Å². The maximum atomic E-state index is 6.13. The van der Waals surface area contributed by atoms with Crippen molar-refractivity contribution in [2.24, 2.45) is 11.7 Å². The van der Waals surface area contributed by atoms with Crippen molar-refractivity contribution in [3.05, 3.63) is 0 Å². The van der Waals surface area contributed by atoms with Crippen LogP contribution in [0.3, 0.4) is 0 Å². The Morgan fingerprint density at radius 2 is 1.81 bits per heavy atom. The van der Waals surface area contributed by atoms with Gasteiger partial charge in [-0.1, -0.05) is 0 Å². The quantitative estimate of drug-likeness (QED) is 0.762. The first-order valence-corrected chi connectivity index (χ1v) is 6.38. The Hall–Kier alpha value is -0.160. The molecule has 2 heterocycles. The summed E-state index contributed by atoms with van der Waals surface area (Å²) in [6.45, 7) is 4.53. The van der Waals surface area contributed by atoms with Gasteiger partial charge in [-0.25, -0.2) is 0 Å². The van der Waals surface area contributed by atoms with Crippen LogP contribution in [0.2, 0.25) is 0 Å². The maximum Gasteiger partial charge on any atom is 0.0521 e. The van der Waals surface area contributed by atoms with Gasteiger partial charge in [0.05, 0.1) is 6.61 Å². The number of nitrogens with zero attached hydrogens (tertiary/aromatic N) is 1. The molecule has 4 nitrogen and oxygen atoms in total. The lowest BCUT2D eigenvalue weighted by Crippen LogP contribution is -2.47. The highest BCUT2D eigenvalue weighted by Gasteiger charge is 2.26. The number of nitrogens with two attached hydrogens (primary N) is 1. The Morgan fingerprint density at radius 3 is 2.50 bits per heavy atom. The van der Waals surface area contributed by atoms with Crippen LogP contribution in [-0.2, 0) is 9.47 Å². The fourth-order valence-corrected chi connectivity index (χ4v) is 2.65. The predicted octanol–water partition coefficient (Wildman–Crippen LogP) is 0.461. The second-order valence-electron chi connectivity index (χ2n) is 5.07. The summed E-state index contributed by atoms with van der Waals surface area (Å²) in [7, 11) is 2.21. The Kier molecular flexibility index (Phi) is 4.58. The number of hydrogen-bond acceptors (Lipinski definition) is 4. The van der Waals surface area contributed by atoms with E-state index in [1.54, 1.807) is 0 Å². The average Bonchev–Trinajstić information content (AvgIpc) is 2.33. The SMILES string of the molecule is CN(CC1COCCC1N)C1CCOCC1. The molecule has 94 valence electrons. The monoisotopic (exact) mass is 228 g/mol. The third kappa shape index (κ3) is 3.17. The zero-order valence-corrected chi connectivity index (χ0v) is 10.2. The molecule has 2 unspecified atom stereocenters. The van der Waals surface area contributed by atoms with Crippen LogP contribution in [0.4, 0.5) is 0 Å². The molecule has 0 aromatic carbocycles. The van der Waals surface area contributed by atoms with Crippen molar-refractivity contribution >= 4 is 0 Å². The lowest BCUT2D eigenvalue weighted by atomic mass is 9.95. The van der Waals surface area contributed by atoms with E-state index in [9.17, 15) is 0 Å². The standard InChI is InChI=1S/C12H24N2O2/c1-14(11-2-5-15-6-3-11)8-10-9-16-7-4-12(10)13/h10-12H,2-9,13H2,1H3. The topological polar surface area (TPSA) is 47.7 Å². The molecule has 0 aromatic rings. The summed E-state index contributed by atoms with van der Waals surface area (Å²) in [6.07, 6.45) is 3.31. The van der Waals surface area contributed by atoms with Crippen LogP contribution in [0.1, 0.15) is 19.3 Å². The molecule has 2 aliphatic rings. The van der Waals surface area contributed by atoms with Crippen LogP contribution >= 0.6 is 0 Å². The second kappa shape index (κ2) is 5.96. The molecule has 2 rings (SSSR count). The smallest absolute Gasteiger partial charge is 0.0521 e. The Labute approximate surface area is 98.1 Å². The van der Waals surface area contributed by atoms with Crippen molar-refractivity contribution in [2.45, 2.75) is 31.3 Å². The Bertz CT molecular complexity index is 207. The Balaban J connectivity index is 1.78. The highest BCUT2D eigenvalue weighted by atomic mass is 16.5. The van der Waals surface area contributed by atoms with Gasteiger partial charge >= 0.3 is 0 Å². The highest BCUT2D eigenvalue weighted by Crippen LogP contribution is 2.18. The van der Waals surface area contributed by atoms with Gasteiger partial charge in [-0.3, -0.25) is 0 Å². The van der Waals surface area contributed by atoms with Gasteiger partial charge < -0.3 is 20.1 Å². The predicted molar refractivity (Wildman–Crippen MR) is 63.4 cm³/mol. The Morgan fingerprint density at radius 1 is 1.12 bits per heavy atom. The van der Waals surface area contributed by atoms with Gasteiger partial charge in [-0.2, -0.15) is 0 Å². The molecule has 4 heteroatoms. The van der Waals surface area contributed by atoms with E-state index in [4.69, 9.17) is 15.2 Å². The molecular weight excluding hydrogens is 204 g/mol. The van der Waals surface area contributed by atoms with E-state index in [0.717, 1.165) is 52.2 Å². The van der Waals surface area contributed by atoms with Crippen molar-refractivity contribution in [3.8, 4) is 0 Å². The molecule has 0 radical (unpaired) electrons. The number of rotatable bonds is 3. The number of ether oxygens (including phenoxy) is 2. The summed E-state index contributed by atoms with van der Waals surface area (Å²) in [5, 5.41) is 0. The van der Waals surface area contributed by atoms with Crippen LogP contribution < -0.4 is 5.73 Å². The third-order valence-electron chi connectivity index (χ3n) is 3.87. The minimum atomic E-state index is 0.316. The zero-order valence-electron chi connectivity index (χ0n) is 10.2. The molecule has 0 aliphatic carbocycles. The van der Waals surface area contributed by atoms with E-state index >= 15 is 0 Å². The van der Waals surface area contributed by atoms with E-state index in [-0.39, 0.29) is 0 Å². The average molecular weight is 228 g/mol. The summed E-state index contributed by atoms with van der Waals surface area (Å²) in [5.74, 6) is 0.501. The van der Waals surface area contributed by atoms with Crippen molar-refractivity contribution in [3.63, 3.8) is 0 Å². The lowest BCUT2D eigenvalue weighted by molar-refractivity contribution is 0.00421. The first kappa shape index (κ1) is 12.3. The first-order chi connectivity index (χ1) is 7.77. The van der Waals surface area contributed by atoms with Gasteiger partial charge in [0.15, 0.2) is 0 Å². The molecule has 16 heavy (non-hydrogen) atoms.